The maximum absolute atomic E-state index is 12.6. The zero-order valence-electron chi connectivity index (χ0n) is 14.0. The Balaban J connectivity index is 1.61. The average Bonchev–Trinajstić information content (AvgIpc) is 3.08. The molecule has 138 valence electrons. The predicted octanol–water partition coefficient (Wildman–Crippen LogP) is 2.59. The number of carbonyl (C=O) groups is 2. The van der Waals surface area contributed by atoms with Gasteiger partial charge in [0.15, 0.2) is 5.78 Å². The Hall–Kier alpha value is -2.77. The molecule has 2 aromatic rings. The van der Waals surface area contributed by atoms with Crippen LogP contribution in [0.5, 0.6) is 5.75 Å². The summed E-state index contributed by atoms with van der Waals surface area (Å²) in [5.74, 6) is -0.463. The summed E-state index contributed by atoms with van der Waals surface area (Å²) in [6.45, 7) is 0.143. The minimum absolute atomic E-state index is 0.0140. The summed E-state index contributed by atoms with van der Waals surface area (Å²) in [5.41, 5.74) is 0.663. The van der Waals surface area contributed by atoms with Crippen LogP contribution in [-0.2, 0) is 6.54 Å². The van der Waals surface area contributed by atoms with Crippen LogP contribution < -0.4 is 0 Å². The second-order valence-electron chi connectivity index (χ2n) is 6.27. The first-order valence-electron chi connectivity index (χ1n) is 8.38. The molecule has 0 spiro atoms. The van der Waals surface area contributed by atoms with Gasteiger partial charge in [0.2, 0.25) is 0 Å². The van der Waals surface area contributed by atoms with E-state index in [9.17, 15) is 23.5 Å². The number of nitrogens with zero attached hydrogens (tertiary/aromatic N) is 3. The zero-order chi connectivity index (χ0) is 18.7. The summed E-state index contributed by atoms with van der Waals surface area (Å²) >= 11 is 0. The van der Waals surface area contributed by atoms with Gasteiger partial charge in [-0.2, -0.15) is 5.10 Å². The Kier molecular flexibility index (Phi) is 5.29. The van der Waals surface area contributed by atoms with E-state index >= 15 is 0 Å². The molecular formula is C18H19F2N3O3. The van der Waals surface area contributed by atoms with Gasteiger partial charge < -0.3 is 10.0 Å². The molecule has 1 N–H and O–H groups in total. The van der Waals surface area contributed by atoms with E-state index in [1.165, 1.54) is 24.4 Å². The maximum atomic E-state index is 12.6. The van der Waals surface area contributed by atoms with Crippen molar-refractivity contribution in [2.75, 3.05) is 13.1 Å². The number of hydrogen-bond donors (Lipinski definition) is 1. The summed E-state index contributed by atoms with van der Waals surface area (Å²) in [7, 11) is 0. The number of halogens is 2. The fourth-order valence-corrected chi connectivity index (χ4v) is 3.16. The lowest BCUT2D eigenvalue weighted by Crippen LogP contribution is -2.41. The number of amides is 1. The van der Waals surface area contributed by atoms with Crippen LogP contribution in [0.15, 0.2) is 36.5 Å². The van der Waals surface area contributed by atoms with E-state index in [2.05, 4.69) is 5.10 Å². The van der Waals surface area contributed by atoms with Gasteiger partial charge >= 0.3 is 0 Å². The third kappa shape index (κ3) is 3.89. The Labute approximate surface area is 149 Å². The van der Waals surface area contributed by atoms with E-state index in [0.29, 0.717) is 31.5 Å². The maximum Gasteiger partial charge on any atom is 0.272 e. The van der Waals surface area contributed by atoms with E-state index < -0.39 is 13.0 Å². The Morgan fingerprint density at radius 2 is 1.81 bits per heavy atom. The Morgan fingerprint density at radius 1 is 1.15 bits per heavy atom. The molecule has 0 saturated carbocycles. The van der Waals surface area contributed by atoms with Crippen molar-refractivity contribution >= 4 is 11.7 Å². The van der Waals surface area contributed by atoms with Gasteiger partial charge in [0, 0.05) is 30.8 Å². The van der Waals surface area contributed by atoms with Crippen molar-refractivity contribution in [2.24, 2.45) is 5.92 Å². The van der Waals surface area contributed by atoms with Crippen LogP contribution in [0.3, 0.4) is 0 Å². The van der Waals surface area contributed by atoms with Gasteiger partial charge in [-0.1, -0.05) is 0 Å². The van der Waals surface area contributed by atoms with Crippen LogP contribution >= 0.6 is 0 Å². The number of aromatic nitrogens is 2. The van der Waals surface area contributed by atoms with Crippen molar-refractivity contribution in [1.82, 2.24) is 14.7 Å². The van der Waals surface area contributed by atoms with Gasteiger partial charge in [-0.15, -0.1) is 0 Å². The lowest BCUT2D eigenvalue weighted by Gasteiger charge is -2.31. The lowest BCUT2D eigenvalue weighted by molar-refractivity contribution is 0.0630. The molecule has 3 rings (SSSR count). The second kappa shape index (κ2) is 7.63. The van der Waals surface area contributed by atoms with E-state index in [1.807, 2.05) is 0 Å². The lowest BCUT2D eigenvalue weighted by atomic mass is 9.89. The molecule has 1 aliphatic rings. The van der Waals surface area contributed by atoms with Crippen molar-refractivity contribution in [2.45, 2.75) is 25.8 Å². The monoisotopic (exact) mass is 363 g/mol. The molecule has 8 heteroatoms. The standard InChI is InChI=1S/C18H19F2N3O3/c19-16(20)11-23-15(5-8-21-23)18(26)22-9-6-13(7-10-22)17(25)12-1-3-14(24)4-2-12/h1-5,8,13,16,24H,6-7,9-11H2. The van der Waals surface area contributed by atoms with Crippen molar-refractivity contribution in [3.63, 3.8) is 0 Å². The number of Topliss-reactive ketones (excluding diaryl/α,β-unsaturated/α-hetero) is 1. The van der Waals surface area contributed by atoms with Crippen LogP contribution in [-0.4, -0.2) is 51.0 Å². The smallest absolute Gasteiger partial charge is 0.272 e. The second-order valence-corrected chi connectivity index (χ2v) is 6.27. The highest BCUT2D eigenvalue weighted by atomic mass is 19.3. The molecule has 26 heavy (non-hydrogen) atoms. The topological polar surface area (TPSA) is 75.4 Å². The Bertz CT molecular complexity index is 781. The van der Waals surface area contributed by atoms with Gasteiger partial charge in [0.05, 0.1) is 0 Å². The van der Waals surface area contributed by atoms with Crippen LogP contribution in [0, 0.1) is 5.92 Å². The zero-order valence-corrected chi connectivity index (χ0v) is 14.0. The quantitative estimate of drug-likeness (QED) is 0.829. The van der Waals surface area contributed by atoms with Crippen molar-refractivity contribution in [3.8, 4) is 5.75 Å². The summed E-state index contributed by atoms with van der Waals surface area (Å²) in [5, 5.41) is 13.1. The summed E-state index contributed by atoms with van der Waals surface area (Å²) in [4.78, 5) is 26.6. The molecule has 1 fully saturated rings. The number of hydrogen-bond acceptors (Lipinski definition) is 4. The number of alkyl halides is 2. The molecule has 0 unspecified atom stereocenters. The van der Waals surface area contributed by atoms with Gasteiger partial charge in [0.1, 0.15) is 18.0 Å². The number of benzene rings is 1. The van der Waals surface area contributed by atoms with Gasteiger partial charge in [-0.3, -0.25) is 14.3 Å². The number of carbonyl (C=O) groups excluding carboxylic acids is 2. The molecule has 0 bridgehead atoms. The van der Waals surface area contributed by atoms with Crippen LogP contribution in [0.1, 0.15) is 33.7 Å². The first-order valence-corrected chi connectivity index (χ1v) is 8.38. The van der Waals surface area contributed by atoms with Crippen LogP contribution in [0.25, 0.3) is 0 Å². The molecular weight excluding hydrogens is 344 g/mol. The van der Waals surface area contributed by atoms with E-state index in [4.69, 9.17) is 0 Å². The minimum Gasteiger partial charge on any atom is -0.508 e. The number of likely N-dealkylation sites (tertiary alicyclic amines) is 1. The molecule has 6 nitrogen and oxygen atoms in total. The van der Waals surface area contributed by atoms with Crippen molar-refractivity contribution in [3.05, 3.63) is 47.8 Å². The summed E-state index contributed by atoms with van der Waals surface area (Å²) in [6.07, 6.45) is -0.241. The van der Waals surface area contributed by atoms with Crippen molar-refractivity contribution < 1.29 is 23.5 Å². The third-order valence-corrected chi connectivity index (χ3v) is 4.55. The fourth-order valence-electron chi connectivity index (χ4n) is 3.16. The number of phenols is 1. The summed E-state index contributed by atoms with van der Waals surface area (Å²) < 4.78 is 26.2. The highest BCUT2D eigenvalue weighted by Crippen LogP contribution is 2.24. The molecule has 2 heterocycles. The molecule has 0 radical (unpaired) electrons. The van der Waals surface area contributed by atoms with E-state index in [0.717, 1.165) is 4.68 Å². The van der Waals surface area contributed by atoms with Gasteiger partial charge in [0.25, 0.3) is 12.3 Å². The third-order valence-electron chi connectivity index (χ3n) is 4.55. The van der Waals surface area contributed by atoms with Gasteiger partial charge in [-0.05, 0) is 43.2 Å². The average molecular weight is 363 g/mol. The van der Waals surface area contributed by atoms with Crippen LogP contribution in [0.2, 0.25) is 0 Å². The molecule has 0 aliphatic carbocycles. The van der Waals surface area contributed by atoms with Crippen LogP contribution in [0.4, 0.5) is 8.78 Å². The molecule has 1 amide bonds. The minimum atomic E-state index is -2.59. The number of aromatic hydroxyl groups is 1. The highest BCUT2D eigenvalue weighted by Gasteiger charge is 2.29. The number of piperidine rings is 1. The van der Waals surface area contributed by atoms with Crippen molar-refractivity contribution in [1.29, 1.82) is 0 Å². The predicted molar refractivity (Wildman–Crippen MR) is 89.3 cm³/mol. The first-order chi connectivity index (χ1) is 12.5. The normalized spacial score (nSPS) is 15.4. The number of phenolic OH excluding ortho intramolecular Hbond substituents is 1. The molecule has 1 aromatic heterocycles. The van der Waals surface area contributed by atoms with E-state index in [-0.39, 0.29) is 29.1 Å². The Morgan fingerprint density at radius 3 is 2.42 bits per heavy atom. The number of rotatable bonds is 5. The largest absolute Gasteiger partial charge is 0.508 e. The highest BCUT2D eigenvalue weighted by molar-refractivity contribution is 5.98. The molecule has 0 atom stereocenters. The van der Waals surface area contributed by atoms with E-state index in [1.54, 1.807) is 17.0 Å². The molecule has 1 aromatic carbocycles. The van der Waals surface area contributed by atoms with Gasteiger partial charge in [-0.25, -0.2) is 8.78 Å². The first kappa shape index (κ1) is 18.0. The number of ketones is 1. The molecule has 1 aliphatic heterocycles. The summed E-state index contributed by atoms with van der Waals surface area (Å²) in [6, 6.07) is 7.53. The molecule has 1 saturated heterocycles. The fraction of sp³-hybridized carbons (Fsp3) is 0.389. The SMILES string of the molecule is O=C(c1ccc(O)cc1)C1CCN(C(=O)c2ccnn2CC(F)F)CC1.